The molecule has 1 heterocycles. The number of halogens is 1. The number of hydrogen-bond donors (Lipinski definition) is 2. The highest BCUT2D eigenvalue weighted by Crippen LogP contribution is 2.22. The summed E-state index contributed by atoms with van der Waals surface area (Å²) >= 11 is 5.84. The number of nitrogens with zero attached hydrogens (tertiary/aromatic N) is 1. The van der Waals surface area contributed by atoms with Crippen LogP contribution < -0.4 is 5.32 Å². The maximum absolute atomic E-state index is 10.9. The van der Waals surface area contributed by atoms with Crippen molar-refractivity contribution in [2.24, 2.45) is 5.92 Å². The van der Waals surface area contributed by atoms with E-state index in [9.17, 15) is 4.79 Å². The standard InChI is InChI=1S/C13H17ClN2O2/c1-9-8-16(13(17)18)7-6-12(9)15-11-4-2-10(14)3-5-11/h2-5,9,12,15H,6-8H2,1H3,(H,17,18)/t9-,12-/m0/s1. The van der Waals surface area contributed by atoms with Crippen molar-refractivity contribution in [3.63, 3.8) is 0 Å². The molecule has 0 radical (unpaired) electrons. The van der Waals surface area contributed by atoms with Gasteiger partial charge in [0, 0.05) is 29.8 Å². The van der Waals surface area contributed by atoms with Gasteiger partial charge in [-0.15, -0.1) is 0 Å². The first-order chi connectivity index (χ1) is 8.56. The summed E-state index contributed by atoms with van der Waals surface area (Å²) in [5, 5.41) is 13.1. The van der Waals surface area contributed by atoms with E-state index in [1.54, 1.807) is 0 Å². The second-order valence-corrected chi connectivity index (χ2v) is 5.19. The molecule has 4 nitrogen and oxygen atoms in total. The van der Waals surface area contributed by atoms with Gasteiger partial charge < -0.3 is 15.3 Å². The minimum atomic E-state index is -0.827. The molecule has 2 N–H and O–H groups in total. The highest BCUT2D eigenvalue weighted by atomic mass is 35.5. The van der Waals surface area contributed by atoms with Crippen molar-refractivity contribution < 1.29 is 9.90 Å². The van der Waals surface area contributed by atoms with Crippen LogP contribution in [0.5, 0.6) is 0 Å². The number of anilines is 1. The van der Waals surface area contributed by atoms with Gasteiger partial charge in [0.15, 0.2) is 0 Å². The highest BCUT2D eigenvalue weighted by molar-refractivity contribution is 6.30. The molecule has 5 heteroatoms. The normalized spacial score (nSPS) is 23.8. The Morgan fingerprint density at radius 1 is 1.44 bits per heavy atom. The summed E-state index contributed by atoms with van der Waals surface area (Å²) in [7, 11) is 0. The summed E-state index contributed by atoms with van der Waals surface area (Å²) in [6, 6.07) is 7.89. The fourth-order valence-electron chi connectivity index (χ4n) is 2.29. The summed E-state index contributed by atoms with van der Waals surface area (Å²) in [6.07, 6.45) is 0.00241. The number of piperidine rings is 1. The van der Waals surface area contributed by atoms with Crippen molar-refractivity contribution >= 4 is 23.4 Å². The summed E-state index contributed by atoms with van der Waals surface area (Å²) in [5.41, 5.74) is 1.03. The molecule has 0 bridgehead atoms. The molecular weight excluding hydrogens is 252 g/mol. The smallest absolute Gasteiger partial charge is 0.407 e. The Morgan fingerprint density at radius 3 is 2.67 bits per heavy atom. The number of carbonyl (C=O) groups is 1. The van der Waals surface area contributed by atoms with Crippen molar-refractivity contribution in [3.8, 4) is 0 Å². The molecule has 1 aliphatic rings. The Hall–Kier alpha value is -1.42. The molecule has 0 aliphatic carbocycles. The number of benzene rings is 1. The fraction of sp³-hybridized carbons (Fsp3) is 0.462. The largest absolute Gasteiger partial charge is 0.465 e. The molecule has 0 saturated carbocycles. The quantitative estimate of drug-likeness (QED) is 0.866. The molecule has 0 aromatic heterocycles. The molecular formula is C13H17ClN2O2. The third kappa shape index (κ3) is 3.07. The lowest BCUT2D eigenvalue weighted by atomic mass is 9.94. The lowest BCUT2D eigenvalue weighted by molar-refractivity contribution is 0.119. The minimum absolute atomic E-state index is 0.297. The number of rotatable bonds is 2. The molecule has 2 rings (SSSR count). The SMILES string of the molecule is C[C@H]1CN(C(=O)O)CC[C@@H]1Nc1ccc(Cl)cc1. The zero-order valence-electron chi connectivity index (χ0n) is 10.3. The van der Waals surface area contributed by atoms with Crippen LogP contribution >= 0.6 is 11.6 Å². The molecule has 1 aliphatic heterocycles. The summed E-state index contributed by atoms with van der Waals surface area (Å²) in [5.74, 6) is 0.297. The van der Waals surface area contributed by atoms with Gasteiger partial charge in [-0.2, -0.15) is 0 Å². The van der Waals surface area contributed by atoms with Crippen molar-refractivity contribution in [2.75, 3.05) is 18.4 Å². The third-order valence-corrected chi connectivity index (χ3v) is 3.62. The fourth-order valence-corrected chi connectivity index (χ4v) is 2.42. The van der Waals surface area contributed by atoms with Gasteiger partial charge in [0.05, 0.1) is 0 Å². The maximum atomic E-state index is 10.9. The maximum Gasteiger partial charge on any atom is 0.407 e. The second-order valence-electron chi connectivity index (χ2n) is 4.75. The number of likely N-dealkylation sites (tertiary alicyclic amines) is 1. The second kappa shape index (κ2) is 5.48. The first-order valence-corrected chi connectivity index (χ1v) is 6.44. The average Bonchev–Trinajstić information content (AvgIpc) is 2.34. The van der Waals surface area contributed by atoms with E-state index in [1.165, 1.54) is 4.90 Å². The van der Waals surface area contributed by atoms with Crippen LogP contribution in [0, 0.1) is 5.92 Å². The molecule has 1 aromatic rings. The average molecular weight is 269 g/mol. The van der Waals surface area contributed by atoms with Crippen molar-refractivity contribution in [1.29, 1.82) is 0 Å². The topological polar surface area (TPSA) is 52.6 Å². The van der Waals surface area contributed by atoms with E-state index in [1.807, 2.05) is 24.3 Å². The monoisotopic (exact) mass is 268 g/mol. The zero-order valence-corrected chi connectivity index (χ0v) is 11.0. The van der Waals surface area contributed by atoms with Crippen LogP contribution in [0.15, 0.2) is 24.3 Å². The number of amides is 1. The van der Waals surface area contributed by atoms with Crippen LogP contribution in [0.4, 0.5) is 10.5 Å². The lowest BCUT2D eigenvalue weighted by Crippen LogP contribution is -2.47. The van der Waals surface area contributed by atoms with Gasteiger partial charge >= 0.3 is 6.09 Å². The molecule has 0 spiro atoms. The van der Waals surface area contributed by atoms with E-state index in [0.717, 1.165) is 12.1 Å². The molecule has 2 atom stereocenters. The Kier molecular flexibility index (Phi) is 3.97. The number of hydrogen-bond acceptors (Lipinski definition) is 2. The predicted molar refractivity (Wildman–Crippen MR) is 72.2 cm³/mol. The Morgan fingerprint density at radius 2 is 2.11 bits per heavy atom. The van der Waals surface area contributed by atoms with Gasteiger partial charge in [-0.05, 0) is 36.6 Å². The summed E-state index contributed by atoms with van der Waals surface area (Å²) in [6.45, 7) is 3.24. The first kappa shape index (κ1) is 13.0. The van der Waals surface area contributed by atoms with E-state index >= 15 is 0 Å². The van der Waals surface area contributed by atoms with Gasteiger partial charge in [0.2, 0.25) is 0 Å². The molecule has 1 aromatic carbocycles. The summed E-state index contributed by atoms with van der Waals surface area (Å²) in [4.78, 5) is 12.4. The molecule has 1 fully saturated rings. The minimum Gasteiger partial charge on any atom is -0.465 e. The van der Waals surface area contributed by atoms with Crippen molar-refractivity contribution in [3.05, 3.63) is 29.3 Å². The first-order valence-electron chi connectivity index (χ1n) is 6.06. The van der Waals surface area contributed by atoms with Gasteiger partial charge in [0.1, 0.15) is 0 Å². The molecule has 1 saturated heterocycles. The van der Waals surface area contributed by atoms with E-state index in [0.29, 0.717) is 30.1 Å². The van der Waals surface area contributed by atoms with Crippen molar-refractivity contribution in [2.45, 2.75) is 19.4 Å². The Bertz CT molecular complexity index is 422. The number of carboxylic acid groups (broad SMARTS) is 1. The van der Waals surface area contributed by atoms with Crippen LogP contribution in [-0.4, -0.2) is 35.2 Å². The zero-order chi connectivity index (χ0) is 13.1. The van der Waals surface area contributed by atoms with E-state index < -0.39 is 6.09 Å². The van der Waals surface area contributed by atoms with Gasteiger partial charge in [0.25, 0.3) is 0 Å². The van der Waals surface area contributed by atoms with Crippen LogP contribution in [0.3, 0.4) is 0 Å². The van der Waals surface area contributed by atoms with Gasteiger partial charge in [-0.25, -0.2) is 4.79 Å². The molecule has 98 valence electrons. The van der Waals surface area contributed by atoms with E-state index in [4.69, 9.17) is 16.7 Å². The lowest BCUT2D eigenvalue weighted by Gasteiger charge is -2.36. The Labute approximate surface area is 112 Å². The van der Waals surface area contributed by atoms with Crippen LogP contribution in [-0.2, 0) is 0 Å². The Balaban J connectivity index is 1.95. The van der Waals surface area contributed by atoms with Crippen molar-refractivity contribution in [1.82, 2.24) is 4.90 Å². The van der Waals surface area contributed by atoms with Gasteiger partial charge in [-0.3, -0.25) is 0 Å². The predicted octanol–water partition coefficient (Wildman–Crippen LogP) is 3.14. The third-order valence-electron chi connectivity index (χ3n) is 3.37. The highest BCUT2D eigenvalue weighted by Gasteiger charge is 2.28. The summed E-state index contributed by atoms with van der Waals surface area (Å²) < 4.78 is 0. The molecule has 1 amide bonds. The molecule has 0 unspecified atom stereocenters. The number of nitrogens with one attached hydrogen (secondary N) is 1. The van der Waals surface area contributed by atoms with Crippen LogP contribution in [0.1, 0.15) is 13.3 Å². The van der Waals surface area contributed by atoms with Gasteiger partial charge in [-0.1, -0.05) is 18.5 Å². The van der Waals surface area contributed by atoms with E-state index in [2.05, 4.69) is 12.2 Å². The van der Waals surface area contributed by atoms with E-state index in [-0.39, 0.29) is 0 Å². The molecule has 18 heavy (non-hydrogen) atoms. The van der Waals surface area contributed by atoms with Crippen LogP contribution in [0.25, 0.3) is 0 Å². The van der Waals surface area contributed by atoms with Crippen LogP contribution in [0.2, 0.25) is 5.02 Å².